The van der Waals surface area contributed by atoms with Crippen molar-refractivity contribution >= 4 is 17.3 Å². The van der Waals surface area contributed by atoms with Gasteiger partial charge in [-0.2, -0.15) is 4.98 Å². The molecule has 0 fully saturated rings. The lowest BCUT2D eigenvalue weighted by Gasteiger charge is -2.29. The molecule has 4 rings (SSSR count). The summed E-state index contributed by atoms with van der Waals surface area (Å²) < 4.78 is 18.7. The maximum Gasteiger partial charge on any atom is 0.252 e. The van der Waals surface area contributed by atoms with E-state index in [0.717, 1.165) is 0 Å². The number of nitrogens with zero attached hydrogens (tertiary/aromatic N) is 3. The average molecular weight is 455 g/mol. The van der Waals surface area contributed by atoms with E-state index in [0.29, 0.717) is 33.9 Å². The number of aromatic nitrogens is 2. The molecule has 0 aliphatic carbocycles. The minimum absolute atomic E-state index is 0.111. The topological polar surface area (TPSA) is 124 Å². The van der Waals surface area contributed by atoms with Crippen molar-refractivity contribution in [3.8, 4) is 11.1 Å². The van der Waals surface area contributed by atoms with E-state index < -0.39 is 23.9 Å². The first-order valence-electron chi connectivity index (χ1n) is 10.5. The van der Waals surface area contributed by atoms with Gasteiger partial charge >= 0.3 is 0 Å². The Balaban J connectivity index is 1.75. The Morgan fingerprint density at radius 1 is 1.33 bits per heavy atom. The number of hydrogen-bond acceptors (Lipinski definition) is 8. The summed E-state index contributed by atoms with van der Waals surface area (Å²) in [4.78, 5) is 18.9. The molecule has 3 aromatic rings. The van der Waals surface area contributed by atoms with Crippen LogP contribution in [-0.4, -0.2) is 44.8 Å². The van der Waals surface area contributed by atoms with Gasteiger partial charge in [-0.1, -0.05) is 17.3 Å². The Hall–Kier alpha value is -3.50. The van der Waals surface area contributed by atoms with Gasteiger partial charge in [-0.05, 0) is 57.5 Å². The van der Waals surface area contributed by atoms with E-state index in [1.807, 2.05) is 0 Å². The first-order chi connectivity index (χ1) is 15.5. The van der Waals surface area contributed by atoms with Gasteiger partial charge in [-0.25, -0.2) is 4.39 Å². The van der Waals surface area contributed by atoms with Crippen LogP contribution < -0.4 is 15.5 Å². The van der Waals surface area contributed by atoms with E-state index in [1.165, 1.54) is 12.1 Å². The van der Waals surface area contributed by atoms with E-state index in [2.05, 4.69) is 20.8 Å². The molecule has 9 nitrogen and oxygen atoms in total. The fourth-order valence-electron chi connectivity index (χ4n) is 3.75. The van der Waals surface area contributed by atoms with E-state index in [-0.39, 0.29) is 18.3 Å². The smallest absolute Gasteiger partial charge is 0.252 e. The lowest BCUT2D eigenvalue weighted by atomic mass is 9.98. The molecule has 0 spiro atoms. The number of carbonyl (C=O) groups is 1. The Labute approximate surface area is 190 Å². The van der Waals surface area contributed by atoms with Crippen LogP contribution in [0.2, 0.25) is 0 Å². The molecule has 1 aromatic heterocycles. The number of aliphatic hydroxyl groups is 2. The van der Waals surface area contributed by atoms with Gasteiger partial charge in [-0.3, -0.25) is 4.79 Å². The van der Waals surface area contributed by atoms with Crippen LogP contribution in [0, 0.1) is 12.7 Å². The SMILES string of the molecule is Cc1noc([C@@H](C)NC(=O)c2cc(-c3ccc(F)cc3)c3c(c2)N(CC(C)(C)O)C(O)N3)n1. The number of aliphatic hydroxyl groups excluding tert-OH is 1. The molecular formula is C23H26FN5O4. The number of aryl methyl sites for hydroxylation is 1. The molecule has 0 saturated carbocycles. The normalized spacial score (nSPS) is 16.3. The van der Waals surface area contributed by atoms with Crippen molar-refractivity contribution in [2.75, 3.05) is 16.8 Å². The third-order valence-corrected chi connectivity index (χ3v) is 5.23. The molecule has 33 heavy (non-hydrogen) atoms. The molecule has 2 atom stereocenters. The monoisotopic (exact) mass is 455 g/mol. The second-order valence-corrected chi connectivity index (χ2v) is 8.76. The third kappa shape index (κ3) is 4.81. The van der Waals surface area contributed by atoms with Crippen molar-refractivity contribution in [1.29, 1.82) is 0 Å². The summed E-state index contributed by atoms with van der Waals surface area (Å²) in [6.45, 7) is 6.78. The number of carbonyl (C=O) groups excluding carboxylic acids is 1. The Kier molecular flexibility index (Phi) is 5.81. The molecule has 0 saturated heterocycles. The van der Waals surface area contributed by atoms with Crippen molar-refractivity contribution in [2.45, 2.75) is 45.7 Å². The molecule has 174 valence electrons. The van der Waals surface area contributed by atoms with Crippen LogP contribution >= 0.6 is 0 Å². The average Bonchev–Trinajstić information content (AvgIpc) is 3.30. The van der Waals surface area contributed by atoms with Crippen LogP contribution in [0.3, 0.4) is 0 Å². The van der Waals surface area contributed by atoms with Crippen molar-refractivity contribution < 1.29 is 23.9 Å². The molecule has 1 unspecified atom stereocenters. The van der Waals surface area contributed by atoms with Gasteiger partial charge < -0.3 is 30.3 Å². The zero-order valence-electron chi connectivity index (χ0n) is 18.8. The van der Waals surface area contributed by atoms with E-state index in [4.69, 9.17) is 4.52 Å². The molecule has 2 aromatic carbocycles. The number of fused-ring (bicyclic) bond motifs is 1. The number of halogens is 1. The lowest BCUT2D eigenvalue weighted by Crippen LogP contribution is -2.44. The maximum absolute atomic E-state index is 13.5. The van der Waals surface area contributed by atoms with E-state index in [1.54, 1.807) is 56.9 Å². The summed E-state index contributed by atoms with van der Waals surface area (Å²) in [5.74, 6) is -0.0372. The summed E-state index contributed by atoms with van der Waals surface area (Å²) in [6, 6.07) is 8.63. The number of β-amino-alcohol motifs (C(OH)–C–C–N with tert-alkyl or cyclic N) is 1. The lowest BCUT2D eigenvalue weighted by molar-refractivity contribution is 0.0745. The van der Waals surface area contributed by atoms with Gasteiger partial charge in [0.2, 0.25) is 12.2 Å². The zero-order chi connectivity index (χ0) is 23.9. The fourth-order valence-corrected chi connectivity index (χ4v) is 3.75. The summed E-state index contributed by atoms with van der Waals surface area (Å²) >= 11 is 0. The quantitative estimate of drug-likeness (QED) is 0.447. The molecule has 0 bridgehead atoms. The molecular weight excluding hydrogens is 429 g/mol. The number of benzene rings is 2. The Bertz CT molecular complexity index is 1170. The van der Waals surface area contributed by atoms with Gasteiger partial charge in [0, 0.05) is 11.1 Å². The first-order valence-corrected chi connectivity index (χ1v) is 10.5. The molecule has 4 N–H and O–H groups in total. The highest BCUT2D eigenvalue weighted by Gasteiger charge is 2.34. The third-order valence-electron chi connectivity index (χ3n) is 5.23. The van der Waals surface area contributed by atoms with Crippen LogP contribution in [-0.2, 0) is 0 Å². The molecule has 1 amide bonds. The van der Waals surface area contributed by atoms with Crippen LogP contribution in [0.4, 0.5) is 15.8 Å². The molecule has 10 heteroatoms. The van der Waals surface area contributed by atoms with Crippen molar-refractivity contribution in [3.05, 3.63) is 59.5 Å². The molecule has 1 aliphatic heterocycles. The summed E-state index contributed by atoms with van der Waals surface area (Å²) in [5.41, 5.74) is 1.59. The Morgan fingerprint density at radius 2 is 2.03 bits per heavy atom. The number of hydrogen-bond donors (Lipinski definition) is 4. The number of amides is 1. The first kappa shape index (κ1) is 22.7. The zero-order valence-corrected chi connectivity index (χ0v) is 18.8. The standard InChI is InChI=1S/C23H26FN5O4/c1-12(21-26-13(2)28-33-21)25-20(30)15-9-17(14-5-7-16(24)8-6-14)19-18(10-15)29(22(31)27-19)11-23(3,4)32/h5-10,12,22,27,31-32H,11H2,1-4H3,(H,25,30)/t12-,22?/m1/s1. The van der Waals surface area contributed by atoms with Crippen molar-refractivity contribution in [1.82, 2.24) is 15.5 Å². The second-order valence-electron chi connectivity index (χ2n) is 8.76. The second kappa shape index (κ2) is 8.45. The highest BCUT2D eigenvalue weighted by atomic mass is 19.1. The number of nitrogens with one attached hydrogen (secondary N) is 2. The minimum Gasteiger partial charge on any atom is -0.389 e. The van der Waals surface area contributed by atoms with Gasteiger partial charge in [0.1, 0.15) is 11.9 Å². The van der Waals surface area contributed by atoms with Gasteiger partial charge in [0.25, 0.3) is 5.91 Å². The fraction of sp³-hybridized carbons (Fsp3) is 0.348. The minimum atomic E-state index is -1.11. The van der Waals surface area contributed by atoms with Crippen LogP contribution in [0.25, 0.3) is 11.1 Å². The summed E-state index contributed by atoms with van der Waals surface area (Å²) in [5, 5.41) is 30.5. The van der Waals surface area contributed by atoms with Gasteiger partial charge in [-0.15, -0.1) is 0 Å². The Morgan fingerprint density at radius 3 is 2.64 bits per heavy atom. The van der Waals surface area contributed by atoms with E-state index >= 15 is 0 Å². The molecule has 2 heterocycles. The predicted molar refractivity (Wildman–Crippen MR) is 120 cm³/mol. The molecule has 0 radical (unpaired) electrons. The van der Waals surface area contributed by atoms with Crippen LogP contribution in [0.1, 0.15) is 48.9 Å². The summed E-state index contributed by atoms with van der Waals surface area (Å²) in [7, 11) is 0. The maximum atomic E-state index is 13.5. The highest BCUT2D eigenvalue weighted by molar-refractivity contribution is 6.01. The van der Waals surface area contributed by atoms with E-state index in [9.17, 15) is 19.4 Å². The van der Waals surface area contributed by atoms with Gasteiger partial charge in [0.05, 0.1) is 23.5 Å². The van der Waals surface area contributed by atoms with Gasteiger partial charge in [0.15, 0.2) is 5.82 Å². The van der Waals surface area contributed by atoms with Crippen molar-refractivity contribution in [2.24, 2.45) is 0 Å². The molecule has 1 aliphatic rings. The van der Waals surface area contributed by atoms with Crippen LogP contribution in [0.5, 0.6) is 0 Å². The highest BCUT2D eigenvalue weighted by Crippen LogP contribution is 2.43. The summed E-state index contributed by atoms with van der Waals surface area (Å²) in [6.07, 6.45) is -1.11. The van der Waals surface area contributed by atoms with Crippen molar-refractivity contribution in [3.63, 3.8) is 0 Å². The predicted octanol–water partition coefficient (Wildman–Crippen LogP) is 2.95. The number of anilines is 2. The van der Waals surface area contributed by atoms with Crippen LogP contribution in [0.15, 0.2) is 40.9 Å². The number of rotatable bonds is 6. The largest absolute Gasteiger partial charge is 0.389 e.